The van der Waals surface area contributed by atoms with Crippen molar-refractivity contribution >= 4 is 37.5 Å². The summed E-state index contributed by atoms with van der Waals surface area (Å²) in [5, 5.41) is 11.1. The third-order valence-electron chi connectivity index (χ3n) is 1.65. The van der Waals surface area contributed by atoms with E-state index in [9.17, 15) is 10.1 Å². The number of rotatable bonds is 2. The number of benzene rings is 1. The molecule has 0 saturated heterocycles. The van der Waals surface area contributed by atoms with Gasteiger partial charge in [0.2, 0.25) is 0 Å². The highest BCUT2D eigenvalue weighted by molar-refractivity contribution is 9.10. The van der Waals surface area contributed by atoms with Crippen molar-refractivity contribution in [3.8, 4) is 0 Å². The van der Waals surface area contributed by atoms with Gasteiger partial charge >= 0.3 is 0 Å². The van der Waals surface area contributed by atoms with Crippen molar-refractivity contribution in [2.24, 2.45) is 0 Å². The molecule has 1 aromatic carbocycles. The fraction of sp³-hybridized carbons (Fsp3) is 0.250. The second kappa shape index (κ2) is 4.19. The van der Waals surface area contributed by atoms with Gasteiger partial charge in [0.15, 0.2) is 0 Å². The molecule has 3 nitrogen and oxygen atoms in total. The van der Waals surface area contributed by atoms with Gasteiger partial charge in [-0.2, -0.15) is 0 Å². The number of aryl methyl sites for hydroxylation is 1. The van der Waals surface area contributed by atoms with Crippen LogP contribution in [-0.4, -0.2) is 4.92 Å². The third kappa shape index (κ3) is 2.28. The Morgan fingerprint density at radius 2 is 2.15 bits per heavy atom. The first-order chi connectivity index (χ1) is 6.06. The minimum atomic E-state index is -0.367. The van der Waals surface area contributed by atoms with E-state index in [2.05, 4.69) is 31.9 Å². The molecule has 0 aromatic heterocycles. The summed E-state index contributed by atoms with van der Waals surface area (Å²) in [7, 11) is 0. The van der Waals surface area contributed by atoms with Gasteiger partial charge < -0.3 is 0 Å². The molecule has 0 N–H and O–H groups in total. The van der Waals surface area contributed by atoms with E-state index in [0.29, 0.717) is 10.9 Å². The van der Waals surface area contributed by atoms with Gasteiger partial charge in [0, 0.05) is 15.9 Å². The summed E-state index contributed by atoms with van der Waals surface area (Å²) in [6, 6.07) is 3.44. The van der Waals surface area contributed by atoms with Crippen LogP contribution in [-0.2, 0) is 5.33 Å². The minimum Gasteiger partial charge on any atom is -0.258 e. The first kappa shape index (κ1) is 10.7. The van der Waals surface area contributed by atoms with Crippen molar-refractivity contribution in [2.45, 2.75) is 12.3 Å². The molecular formula is C8H7Br2NO2. The zero-order chi connectivity index (χ0) is 10.0. The molecule has 0 fully saturated rings. The second-order valence-corrected chi connectivity index (χ2v) is 4.05. The van der Waals surface area contributed by atoms with E-state index in [4.69, 9.17) is 0 Å². The summed E-state index contributed by atoms with van der Waals surface area (Å²) >= 11 is 6.51. The number of hydrogen-bond acceptors (Lipinski definition) is 2. The zero-order valence-electron chi connectivity index (χ0n) is 6.88. The average Bonchev–Trinajstić information content (AvgIpc) is 2.02. The van der Waals surface area contributed by atoms with Crippen LogP contribution in [0.4, 0.5) is 5.69 Å². The van der Waals surface area contributed by atoms with Crippen LogP contribution in [0.1, 0.15) is 11.1 Å². The van der Waals surface area contributed by atoms with Gasteiger partial charge in [-0.1, -0.05) is 31.9 Å². The van der Waals surface area contributed by atoms with Crippen LogP contribution >= 0.6 is 31.9 Å². The molecule has 0 aliphatic carbocycles. The number of nitro benzene ring substituents is 1. The second-order valence-electron chi connectivity index (χ2n) is 2.64. The standard InChI is InChI=1S/C8H7Br2NO2/c1-5-2-7(10)6(4-9)8(3-5)11(12)13/h2-3H,4H2,1H3. The van der Waals surface area contributed by atoms with E-state index in [0.717, 1.165) is 10.0 Å². The molecule has 0 aliphatic heterocycles. The van der Waals surface area contributed by atoms with Gasteiger partial charge in [0.1, 0.15) is 0 Å². The maximum Gasteiger partial charge on any atom is 0.274 e. The highest BCUT2D eigenvalue weighted by Gasteiger charge is 2.15. The van der Waals surface area contributed by atoms with Gasteiger partial charge in [0.25, 0.3) is 5.69 Å². The first-order valence-electron chi connectivity index (χ1n) is 3.55. The molecule has 1 rings (SSSR count). The lowest BCUT2D eigenvalue weighted by atomic mass is 10.1. The molecule has 0 aliphatic rings. The number of hydrogen-bond donors (Lipinski definition) is 0. The van der Waals surface area contributed by atoms with Crippen LogP contribution in [0.3, 0.4) is 0 Å². The Kier molecular flexibility index (Phi) is 3.44. The smallest absolute Gasteiger partial charge is 0.258 e. The molecule has 70 valence electrons. The summed E-state index contributed by atoms with van der Waals surface area (Å²) < 4.78 is 0.774. The van der Waals surface area contributed by atoms with Crippen LogP contribution in [0.15, 0.2) is 16.6 Å². The first-order valence-corrected chi connectivity index (χ1v) is 5.47. The molecule has 0 bridgehead atoms. The zero-order valence-corrected chi connectivity index (χ0v) is 10.1. The number of nitrogens with zero attached hydrogens (tertiary/aromatic N) is 1. The van der Waals surface area contributed by atoms with E-state index in [1.54, 1.807) is 6.07 Å². The third-order valence-corrected chi connectivity index (χ3v) is 2.91. The summed E-state index contributed by atoms with van der Waals surface area (Å²) in [5.41, 5.74) is 1.71. The summed E-state index contributed by atoms with van der Waals surface area (Å²) in [6.07, 6.45) is 0. The maximum atomic E-state index is 10.6. The maximum absolute atomic E-state index is 10.6. The predicted octanol–water partition coefficient (Wildman–Crippen LogP) is 3.56. The molecule has 0 unspecified atom stereocenters. The predicted molar refractivity (Wildman–Crippen MR) is 58.2 cm³/mol. The molecule has 0 amide bonds. The molecule has 0 heterocycles. The Balaban J connectivity index is 3.38. The molecule has 0 atom stereocenters. The Morgan fingerprint density at radius 3 is 2.62 bits per heavy atom. The Morgan fingerprint density at radius 1 is 1.54 bits per heavy atom. The van der Waals surface area contributed by atoms with E-state index in [-0.39, 0.29) is 10.6 Å². The van der Waals surface area contributed by atoms with Gasteiger partial charge in [-0.05, 0) is 18.6 Å². The Bertz CT molecular complexity index is 352. The topological polar surface area (TPSA) is 43.1 Å². The van der Waals surface area contributed by atoms with Crippen molar-refractivity contribution in [1.29, 1.82) is 0 Å². The van der Waals surface area contributed by atoms with Crippen LogP contribution in [0, 0.1) is 17.0 Å². The van der Waals surface area contributed by atoms with Crippen LogP contribution in [0.2, 0.25) is 0 Å². The Labute approximate surface area is 92.5 Å². The van der Waals surface area contributed by atoms with E-state index in [1.165, 1.54) is 0 Å². The van der Waals surface area contributed by atoms with E-state index >= 15 is 0 Å². The molecular weight excluding hydrogens is 302 g/mol. The molecule has 0 spiro atoms. The van der Waals surface area contributed by atoms with Crippen molar-refractivity contribution in [3.63, 3.8) is 0 Å². The highest BCUT2D eigenvalue weighted by Crippen LogP contribution is 2.30. The summed E-state index contributed by atoms with van der Waals surface area (Å²) in [4.78, 5) is 10.3. The molecule has 1 aromatic rings. The summed E-state index contributed by atoms with van der Waals surface area (Å²) in [6.45, 7) is 1.83. The van der Waals surface area contributed by atoms with Crippen LogP contribution < -0.4 is 0 Å². The van der Waals surface area contributed by atoms with Gasteiger partial charge in [-0.25, -0.2) is 0 Å². The average molecular weight is 309 g/mol. The van der Waals surface area contributed by atoms with E-state index in [1.807, 2.05) is 13.0 Å². The van der Waals surface area contributed by atoms with Gasteiger partial charge in [0.05, 0.1) is 10.5 Å². The molecule has 5 heteroatoms. The normalized spacial score (nSPS) is 10.1. The van der Waals surface area contributed by atoms with Gasteiger partial charge in [-0.15, -0.1) is 0 Å². The van der Waals surface area contributed by atoms with Gasteiger partial charge in [-0.3, -0.25) is 10.1 Å². The Hall–Kier alpha value is -0.420. The number of nitro groups is 1. The lowest BCUT2D eigenvalue weighted by molar-refractivity contribution is -0.385. The van der Waals surface area contributed by atoms with Crippen molar-refractivity contribution in [3.05, 3.63) is 37.8 Å². The lowest BCUT2D eigenvalue weighted by Gasteiger charge is -2.03. The van der Waals surface area contributed by atoms with Crippen LogP contribution in [0.25, 0.3) is 0 Å². The summed E-state index contributed by atoms with van der Waals surface area (Å²) in [5.74, 6) is 0. The fourth-order valence-electron chi connectivity index (χ4n) is 1.05. The number of alkyl halides is 1. The largest absolute Gasteiger partial charge is 0.274 e. The minimum absolute atomic E-state index is 0.156. The number of halogens is 2. The van der Waals surface area contributed by atoms with E-state index < -0.39 is 0 Å². The monoisotopic (exact) mass is 307 g/mol. The quantitative estimate of drug-likeness (QED) is 0.476. The van der Waals surface area contributed by atoms with Crippen molar-refractivity contribution in [1.82, 2.24) is 0 Å². The van der Waals surface area contributed by atoms with Crippen molar-refractivity contribution < 1.29 is 4.92 Å². The fourth-order valence-corrected chi connectivity index (χ4v) is 2.72. The van der Waals surface area contributed by atoms with Crippen LogP contribution in [0.5, 0.6) is 0 Å². The highest BCUT2D eigenvalue weighted by atomic mass is 79.9. The molecule has 0 saturated carbocycles. The lowest BCUT2D eigenvalue weighted by Crippen LogP contribution is -1.95. The molecule has 13 heavy (non-hydrogen) atoms. The van der Waals surface area contributed by atoms with Crippen molar-refractivity contribution in [2.75, 3.05) is 0 Å². The molecule has 0 radical (unpaired) electrons. The SMILES string of the molecule is Cc1cc(Br)c(CBr)c([N+](=O)[O-])c1.